The summed E-state index contributed by atoms with van der Waals surface area (Å²) in [5, 5.41) is 0.0664. The van der Waals surface area contributed by atoms with Crippen molar-refractivity contribution in [3.05, 3.63) is 69.7 Å². The molecule has 1 atom stereocenters. The number of nitrogens with two attached hydrogens (primary N) is 1. The van der Waals surface area contributed by atoms with Crippen LogP contribution in [0.4, 0.5) is 8.78 Å². The van der Waals surface area contributed by atoms with Crippen LogP contribution in [0.2, 0.25) is 5.02 Å². The molecular weight excluding hydrogens is 280 g/mol. The molecule has 2 aromatic rings. The second kappa shape index (κ2) is 5.51. The Morgan fingerprint density at radius 2 is 1.85 bits per heavy atom. The molecule has 0 bridgehead atoms. The first-order valence-electron chi connectivity index (χ1n) is 6.29. The summed E-state index contributed by atoms with van der Waals surface area (Å²) in [6.45, 7) is 3.47. The lowest BCUT2D eigenvalue weighted by Gasteiger charge is -2.26. The number of halogens is 3. The summed E-state index contributed by atoms with van der Waals surface area (Å²) in [6, 6.07) is 9.49. The minimum Gasteiger partial charge on any atom is -0.321 e. The average Bonchev–Trinajstić information content (AvgIpc) is 2.38. The van der Waals surface area contributed by atoms with E-state index in [4.69, 9.17) is 17.3 Å². The maximum atomic E-state index is 13.7. The smallest absolute Gasteiger partial charge is 0.142 e. The molecule has 0 aliphatic heterocycles. The highest BCUT2D eigenvalue weighted by molar-refractivity contribution is 6.31. The van der Waals surface area contributed by atoms with Crippen LogP contribution in [0, 0.1) is 18.6 Å². The molecule has 0 fully saturated rings. The molecule has 4 heteroatoms. The van der Waals surface area contributed by atoms with Gasteiger partial charge < -0.3 is 5.73 Å². The molecule has 0 aliphatic rings. The van der Waals surface area contributed by atoms with Gasteiger partial charge in [-0.25, -0.2) is 8.78 Å². The molecule has 0 heterocycles. The summed E-state index contributed by atoms with van der Waals surface area (Å²) in [6.07, 6.45) is 0.325. The van der Waals surface area contributed by atoms with Crippen LogP contribution in [0.15, 0.2) is 36.4 Å². The fraction of sp³-hybridized carbons (Fsp3) is 0.250. The van der Waals surface area contributed by atoms with Gasteiger partial charge in [0.1, 0.15) is 11.6 Å². The van der Waals surface area contributed by atoms with Gasteiger partial charge in [-0.05, 0) is 49.1 Å². The molecule has 2 rings (SSSR count). The number of aryl methyl sites for hydroxylation is 1. The van der Waals surface area contributed by atoms with Gasteiger partial charge >= 0.3 is 0 Å². The van der Waals surface area contributed by atoms with E-state index < -0.39 is 11.4 Å². The lowest BCUT2D eigenvalue weighted by molar-refractivity contribution is 0.484. The Hall–Kier alpha value is -1.45. The van der Waals surface area contributed by atoms with Crippen molar-refractivity contribution in [2.45, 2.75) is 25.8 Å². The van der Waals surface area contributed by atoms with Gasteiger partial charge in [0, 0.05) is 5.54 Å². The molecule has 2 aromatic carbocycles. The molecule has 20 heavy (non-hydrogen) atoms. The summed E-state index contributed by atoms with van der Waals surface area (Å²) in [5.74, 6) is -0.778. The Balaban J connectivity index is 2.35. The Morgan fingerprint density at radius 1 is 1.15 bits per heavy atom. The molecule has 0 aromatic heterocycles. The van der Waals surface area contributed by atoms with Crippen molar-refractivity contribution in [3.63, 3.8) is 0 Å². The molecule has 1 unspecified atom stereocenters. The molecule has 0 spiro atoms. The summed E-state index contributed by atoms with van der Waals surface area (Å²) in [4.78, 5) is 0. The monoisotopic (exact) mass is 295 g/mol. The van der Waals surface area contributed by atoms with Crippen molar-refractivity contribution in [2.24, 2.45) is 5.73 Å². The van der Waals surface area contributed by atoms with E-state index in [1.807, 2.05) is 0 Å². The molecular formula is C16H16ClF2N. The third-order valence-electron chi connectivity index (χ3n) is 3.42. The molecule has 0 saturated heterocycles. The summed E-state index contributed by atoms with van der Waals surface area (Å²) in [7, 11) is 0. The van der Waals surface area contributed by atoms with Crippen LogP contribution in [0.3, 0.4) is 0 Å². The van der Waals surface area contributed by atoms with Crippen molar-refractivity contribution in [3.8, 4) is 0 Å². The van der Waals surface area contributed by atoms with E-state index in [0.29, 0.717) is 23.1 Å². The first-order valence-corrected chi connectivity index (χ1v) is 6.67. The SMILES string of the molecule is Cc1ccc(C(C)(N)Cc2cccc(F)c2Cl)cc1F. The molecule has 106 valence electrons. The first-order chi connectivity index (χ1) is 9.31. The van der Waals surface area contributed by atoms with Gasteiger partial charge in [-0.3, -0.25) is 0 Å². The average molecular weight is 296 g/mol. The van der Waals surface area contributed by atoms with Crippen molar-refractivity contribution in [2.75, 3.05) is 0 Å². The Morgan fingerprint density at radius 3 is 2.50 bits per heavy atom. The maximum absolute atomic E-state index is 13.7. The highest BCUT2D eigenvalue weighted by Gasteiger charge is 2.24. The van der Waals surface area contributed by atoms with Crippen LogP contribution in [0.5, 0.6) is 0 Å². The fourth-order valence-corrected chi connectivity index (χ4v) is 2.32. The number of hydrogen-bond acceptors (Lipinski definition) is 1. The predicted molar refractivity (Wildman–Crippen MR) is 77.8 cm³/mol. The fourth-order valence-electron chi connectivity index (χ4n) is 2.13. The second-order valence-electron chi connectivity index (χ2n) is 5.27. The van der Waals surface area contributed by atoms with Gasteiger partial charge in [0.2, 0.25) is 0 Å². The quantitative estimate of drug-likeness (QED) is 0.895. The zero-order valence-electron chi connectivity index (χ0n) is 11.4. The van der Waals surface area contributed by atoms with Gasteiger partial charge in [-0.2, -0.15) is 0 Å². The van der Waals surface area contributed by atoms with Crippen molar-refractivity contribution in [1.29, 1.82) is 0 Å². The van der Waals surface area contributed by atoms with Crippen molar-refractivity contribution in [1.82, 2.24) is 0 Å². The zero-order chi connectivity index (χ0) is 14.9. The van der Waals surface area contributed by atoms with Gasteiger partial charge in [0.05, 0.1) is 5.02 Å². The number of rotatable bonds is 3. The number of benzene rings is 2. The van der Waals surface area contributed by atoms with Crippen LogP contribution in [-0.2, 0) is 12.0 Å². The molecule has 0 radical (unpaired) electrons. The third kappa shape index (κ3) is 3.00. The van der Waals surface area contributed by atoms with Gasteiger partial charge in [0.15, 0.2) is 0 Å². The first kappa shape index (κ1) is 14.9. The van der Waals surface area contributed by atoms with Crippen molar-refractivity contribution < 1.29 is 8.78 Å². The predicted octanol–water partition coefficient (Wildman–Crippen LogP) is 4.34. The Labute approximate surface area is 122 Å². The van der Waals surface area contributed by atoms with Crippen molar-refractivity contribution >= 4 is 11.6 Å². The van der Waals surface area contributed by atoms with Crippen LogP contribution in [0.25, 0.3) is 0 Å². The van der Waals surface area contributed by atoms with E-state index in [1.54, 1.807) is 38.1 Å². The summed E-state index contributed by atoms with van der Waals surface area (Å²) < 4.78 is 27.1. The molecule has 0 amide bonds. The Bertz CT molecular complexity index is 638. The van der Waals surface area contributed by atoms with Crippen LogP contribution >= 0.6 is 11.6 Å². The minimum absolute atomic E-state index is 0.0664. The molecule has 1 nitrogen and oxygen atoms in total. The maximum Gasteiger partial charge on any atom is 0.142 e. The summed E-state index contributed by atoms with van der Waals surface area (Å²) in [5.41, 5.74) is 7.26. The van der Waals surface area contributed by atoms with E-state index in [-0.39, 0.29) is 10.8 Å². The lowest BCUT2D eigenvalue weighted by atomic mass is 9.86. The Kier molecular flexibility index (Phi) is 4.11. The van der Waals surface area contributed by atoms with Gasteiger partial charge in [0.25, 0.3) is 0 Å². The largest absolute Gasteiger partial charge is 0.321 e. The zero-order valence-corrected chi connectivity index (χ0v) is 12.1. The van der Waals surface area contributed by atoms with E-state index in [2.05, 4.69) is 0 Å². The molecule has 2 N–H and O–H groups in total. The van der Waals surface area contributed by atoms with E-state index >= 15 is 0 Å². The molecule has 0 saturated carbocycles. The topological polar surface area (TPSA) is 26.0 Å². The van der Waals surface area contributed by atoms with E-state index in [9.17, 15) is 8.78 Å². The lowest BCUT2D eigenvalue weighted by Crippen LogP contribution is -2.35. The minimum atomic E-state index is -0.827. The van der Waals surface area contributed by atoms with Gasteiger partial charge in [-0.15, -0.1) is 0 Å². The highest BCUT2D eigenvalue weighted by atomic mass is 35.5. The van der Waals surface area contributed by atoms with Crippen LogP contribution < -0.4 is 5.73 Å². The highest BCUT2D eigenvalue weighted by Crippen LogP contribution is 2.28. The normalized spacial score (nSPS) is 14.1. The summed E-state index contributed by atoms with van der Waals surface area (Å²) >= 11 is 5.94. The second-order valence-corrected chi connectivity index (χ2v) is 5.65. The van der Waals surface area contributed by atoms with Crippen LogP contribution in [-0.4, -0.2) is 0 Å². The number of hydrogen-bond donors (Lipinski definition) is 1. The third-order valence-corrected chi connectivity index (χ3v) is 3.84. The standard InChI is InChI=1S/C16H16ClF2N/c1-10-6-7-12(8-14(10)19)16(2,20)9-11-4-3-5-13(18)15(11)17/h3-8H,9,20H2,1-2H3. The van der Waals surface area contributed by atoms with Crippen LogP contribution in [0.1, 0.15) is 23.6 Å². The van der Waals surface area contributed by atoms with Gasteiger partial charge in [-0.1, -0.05) is 35.9 Å². The van der Waals surface area contributed by atoms with E-state index in [1.165, 1.54) is 12.1 Å². The molecule has 0 aliphatic carbocycles. The van der Waals surface area contributed by atoms with E-state index in [0.717, 1.165) is 0 Å².